The monoisotopic (exact) mass is 604 g/mol. The smallest absolute Gasteiger partial charge is 0.238 e. The largest absolute Gasteiger partial charge is 0.490 e. The highest BCUT2D eigenvalue weighted by Gasteiger charge is 2.23. The average Bonchev–Trinajstić information content (AvgIpc) is 3.35. The molecule has 4 aromatic carbocycles. The van der Waals surface area contributed by atoms with Crippen molar-refractivity contribution in [3.05, 3.63) is 123 Å². The molecule has 0 saturated carbocycles. The second-order valence-corrected chi connectivity index (χ2v) is 10.5. The first-order chi connectivity index (χ1) is 20.0. The number of hydrogen-bond acceptors (Lipinski definition) is 5. The normalized spacial score (nSPS) is 11.0. The van der Waals surface area contributed by atoms with Crippen molar-refractivity contribution in [3.8, 4) is 40.0 Å². The van der Waals surface area contributed by atoms with Crippen molar-refractivity contribution in [3.63, 3.8) is 0 Å². The Morgan fingerprint density at radius 2 is 1.54 bits per heavy atom. The third-order valence-corrected chi connectivity index (χ3v) is 7.13. The average molecular weight is 606 g/mol. The summed E-state index contributed by atoms with van der Waals surface area (Å²) in [4.78, 5) is 4.65. The maximum atomic E-state index is 10.2. The Morgan fingerprint density at radius 3 is 2.17 bits per heavy atom. The lowest BCUT2D eigenvalue weighted by atomic mass is 9.97. The Hall–Kier alpha value is -4.60. The Balaban J connectivity index is 1.53. The SMILES string of the molecule is CCOc1cc(C=Nc2oc(-c3ccc(C)cc3)c(-c3ccc(C)cc3)c2C#N)cc(Br)c1OCc1ccccc1. The Labute approximate surface area is 248 Å². The van der Waals surface area contributed by atoms with E-state index in [0.29, 0.717) is 36.0 Å². The van der Waals surface area contributed by atoms with Crippen LogP contribution in [0.1, 0.15) is 34.7 Å². The third kappa shape index (κ3) is 6.42. The first-order valence-corrected chi connectivity index (χ1v) is 14.1. The zero-order valence-electron chi connectivity index (χ0n) is 23.1. The van der Waals surface area contributed by atoms with Gasteiger partial charge in [-0.2, -0.15) is 5.26 Å². The minimum atomic E-state index is 0.247. The van der Waals surface area contributed by atoms with Crippen molar-refractivity contribution >= 4 is 28.0 Å². The molecule has 1 aromatic heterocycles. The molecule has 204 valence electrons. The number of furan rings is 1. The molecule has 0 atom stereocenters. The van der Waals surface area contributed by atoms with Crippen LogP contribution in [0.25, 0.3) is 22.5 Å². The third-order valence-electron chi connectivity index (χ3n) is 6.54. The van der Waals surface area contributed by atoms with E-state index in [1.54, 1.807) is 6.21 Å². The van der Waals surface area contributed by atoms with Gasteiger partial charge in [0.15, 0.2) is 11.5 Å². The van der Waals surface area contributed by atoms with E-state index in [9.17, 15) is 5.26 Å². The molecule has 1 heterocycles. The van der Waals surface area contributed by atoms with E-state index in [1.165, 1.54) is 0 Å². The summed E-state index contributed by atoms with van der Waals surface area (Å²) < 4.78 is 19.1. The summed E-state index contributed by atoms with van der Waals surface area (Å²) in [5.74, 6) is 2.07. The predicted octanol–water partition coefficient (Wildman–Crippen LogP) is 9.59. The van der Waals surface area contributed by atoms with Gasteiger partial charge in [-0.25, -0.2) is 4.99 Å². The summed E-state index contributed by atoms with van der Waals surface area (Å²) in [6, 6.07) is 32.2. The van der Waals surface area contributed by atoms with E-state index in [4.69, 9.17) is 13.9 Å². The van der Waals surface area contributed by atoms with Crippen LogP contribution in [0.3, 0.4) is 0 Å². The summed E-state index contributed by atoms with van der Waals surface area (Å²) in [6.07, 6.45) is 1.67. The number of aryl methyl sites for hydroxylation is 2. The molecule has 5 nitrogen and oxygen atoms in total. The van der Waals surface area contributed by atoms with Crippen molar-refractivity contribution < 1.29 is 13.9 Å². The molecule has 0 spiro atoms. The lowest BCUT2D eigenvalue weighted by molar-refractivity contribution is 0.267. The number of hydrogen-bond donors (Lipinski definition) is 0. The fourth-order valence-electron chi connectivity index (χ4n) is 4.45. The molecule has 0 N–H and O–H groups in total. The summed E-state index contributed by atoms with van der Waals surface area (Å²) in [5.41, 5.74) is 6.99. The molecule has 41 heavy (non-hydrogen) atoms. The molecule has 0 bridgehead atoms. The number of rotatable bonds is 9. The Kier molecular flexibility index (Phi) is 8.67. The van der Waals surface area contributed by atoms with Crippen LogP contribution in [0.15, 0.2) is 105 Å². The highest BCUT2D eigenvalue weighted by molar-refractivity contribution is 9.10. The Bertz CT molecular complexity index is 1720. The number of aliphatic imine (C=N–C) groups is 1. The molecule has 0 radical (unpaired) electrons. The van der Waals surface area contributed by atoms with Crippen molar-refractivity contribution in [2.45, 2.75) is 27.4 Å². The van der Waals surface area contributed by atoms with Gasteiger partial charge in [-0.05, 0) is 65.5 Å². The second-order valence-electron chi connectivity index (χ2n) is 9.63. The number of halogens is 1. The predicted molar refractivity (Wildman–Crippen MR) is 167 cm³/mol. The number of benzene rings is 4. The van der Waals surface area contributed by atoms with Gasteiger partial charge in [-0.3, -0.25) is 0 Å². The molecule has 0 fully saturated rings. The minimum absolute atomic E-state index is 0.247. The van der Waals surface area contributed by atoms with Gasteiger partial charge in [0.1, 0.15) is 24.0 Å². The first-order valence-electron chi connectivity index (χ1n) is 13.3. The van der Waals surface area contributed by atoms with Crippen LogP contribution in [0.4, 0.5) is 5.88 Å². The number of nitriles is 1. The highest BCUT2D eigenvalue weighted by Crippen LogP contribution is 2.43. The fourth-order valence-corrected chi connectivity index (χ4v) is 5.02. The van der Waals surface area contributed by atoms with Crippen molar-refractivity contribution in [1.82, 2.24) is 0 Å². The minimum Gasteiger partial charge on any atom is -0.490 e. The van der Waals surface area contributed by atoms with Crippen LogP contribution in [-0.4, -0.2) is 12.8 Å². The van der Waals surface area contributed by atoms with Gasteiger partial charge in [-0.15, -0.1) is 0 Å². The molecule has 5 rings (SSSR count). The van der Waals surface area contributed by atoms with Crippen LogP contribution in [0, 0.1) is 25.2 Å². The van der Waals surface area contributed by atoms with Crippen LogP contribution < -0.4 is 9.47 Å². The van der Waals surface area contributed by atoms with Gasteiger partial charge < -0.3 is 13.9 Å². The topological polar surface area (TPSA) is 67.8 Å². The van der Waals surface area contributed by atoms with Gasteiger partial charge in [0.05, 0.1) is 11.1 Å². The second kappa shape index (κ2) is 12.7. The van der Waals surface area contributed by atoms with E-state index in [2.05, 4.69) is 27.0 Å². The molecule has 5 aromatic rings. The zero-order valence-corrected chi connectivity index (χ0v) is 24.7. The number of nitrogens with zero attached hydrogens (tertiary/aromatic N) is 2. The fraction of sp³-hybridized carbons (Fsp3) is 0.143. The molecule has 0 unspecified atom stereocenters. The van der Waals surface area contributed by atoms with Crippen LogP contribution in [0.2, 0.25) is 0 Å². The summed E-state index contributed by atoms with van der Waals surface area (Å²) >= 11 is 3.64. The lowest BCUT2D eigenvalue weighted by Gasteiger charge is -2.14. The van der Waals surface area contributed by atoms with Gasteiger partial charge in [-0.1, -0.05) is 90.0 Å². The molecule has 0 aliphatic carbocycles. The van der Waals surface area contributed by atoms with Crippen LogP contribution in [-0.2, 0) is 6.61 Å². The standard InChI is InChI=1S/C35H29BrN2O3/c1-4-39-31-19-26(18-30(36)34(31)40-22-25-8-6-5-7-9-25)21-38-35-29(20-37)32(27-14-10-23(2)11-15-27)33(41-35)28-16-12-24(3)13-17-28/h5-19,21H,4,22H2,1-3H3. The quantitative estimate of drug-likeness (QED) is 0.157. The van der Waals surface area contributed by atoms with Crippen LogP contribution in [0.5, 0.6) is 11.5 Å². The van der Waals surface area contributed by atoms with E-state index in [-0.39, 0.29) is 5.88 Å². The molecule has 0 aliphatic heterocycles. The first kappa shape index (κ1) is 27.9. The van der Waals surface area contributed by atoms with E-state index in [1.807, 2.05) is 112 Å². The van der Waals surface area contributed by atoms with E-state index < -0.39 is 0 Å². The summed E-state index contributed by atoms with van der Waals surface area (Å²) in [6.45, 7) is 6.89. The van der Waals surface area contributed by atoms with Crippen molar-refractivity contribution in [2.75, 3.05) is 6.61 Å². The van der Waals surface area contributed by atoms with Gasteiger partial charge in [0, 0.05) is 17.3 Å². The molecule has 0 aliphatic rings. The number of ether oxygens (including phenoxy) is 2. The molecule has 0 saturated heterocycles. The van der Waals surface area contributed by atoms with E-state index >= 15 is 0 Å². The van der Waals surface area contributed by atoms with E-state index in [0.717, 1.165) is 43.4 Å². The maximum Gasteiger partial charge on any atom is 0.238 e. The molecule has 6 heteroatoms. The molecular weight excluding hydrogens is 576 g/mol. The van der Waals surface area contributed by atoms with Gasteiger partial charge in [0.2, 0.25) is 5.88 Å². The van der Waals surface area contributed by atoms with Gasteiger partial charge in [0.25, 0.3) is 0 Å². The molecular formula is C35H29BrN2O3. The molecule has 0 amide bonds. The van der Waals surface area contributed by atoms with Crippen LogP contribution >= 0.6 is 15.9 Å². The summed E-state index contributed by atoms with van der Waals surface area (Å²) in [5, 5.41) is 10.2. The van der Waals surface area contributed by atoms with Crippen molar-refractivity contribution in [1.29, 1.82) is 5.26 Å². The summed E-state index contributed by atoms with van der Waals surface area (Å²) in [7, 11) is 0. The lowest BCUT2D eigenvalue weighted by Crippen LogP contribution is -2.01. The van der Waals surface area contributed by atoms with Crippen molar-refractivity contribution in [2.24, 2.45) is 4.99 Å². The maximum absolute atomic E-state index is 10.2. The zero-order chi connectivity index (χ0) is 28.8. The Morgan fingerprint density at radius 1 is 0.878 bits per heavy atom. The van der Waals surface area contributed by atoms with Gasteiger partial charge >= 0.3 is 0 Å². The highest BCUT2D eigenvalue weighted by atomic mass is 79.9.